The quantitative estimate of drug-likeness (QED) is 0.820. The van der Waals surface area contributed by atoms with Crippen LogP contribution < -0.4 is 5.32 Å². The molecule has 0 saturated carbocycles. The van der Waals surface area contributed by atoms with Crippen LogP contribution in [0.25, 0.3) is 6.08 Å². The van der Waals surface area contributed by atoms with Crippen molar-refractivity contribution in [3.05, 3.63) is 70.3 Å². The number of amides is 1. The van der Waals surface area contributed by atoms with Crippen LogP contribution in [-0.2, 0) is 4.79 Å². The molecule has 0 aliphatic carbocycles. The van der Waals surface area contributed by atoms with Gasteiger partial charge in [-0.05, 0) is 43.2 Å². The van der Waals surface area contributed by atoms with Gasteiger partial charge in [0.15, 0.2) is 0 Å². The minimum absolute atomic E-state index is 0.175. The summed E-state index contributed by atoms with van der Waals surface area (Å²) in [5, 5.41) is 3.43. The van der Waals surface area contributed by atoms with Crippen LogP contribution in [-0.4, -0.2) is 5.91 Å². The normalized spacial score (nSPS) is 10.8. The maximum Gasteiger partial charge on any atom is 0.248 e. The first kappa shape index (κ1) is 14.4. The summed E-state index contributed by atoms with van der Waals surface area (Å²) < 4.78 is 0. The Bertz CT molecular complexity index is 645. The molecule has 0 atom stereocenters. The molecule has 0 aliphatic rings. The zero-order chi connectivity index (χ0) is 14.5. The zero-order valence-corrected chi connectivity index (χ0v) is 12.2. The predicted molar refractivity (Wildman–Crippen MR) is 85.0 cm³/mol. The second-order valence-electron chi connectivity index (χ2n) is 4.70. The summed E-state index contributed by atoms with van der Waals surface area (Å²) in [5.74, 6) is -0.175. The first-order valence-corrected chi connectivity index (χ1v) is 6.74. The number of hydrogen-bond acceptors (Lipinski definition) is 1. The van der Waals surface area contributed by atoms with Crippen molar-refractivity contribution in [3.8, 4) is 0 Å². The van der Waals surface area contributed by atoms with Crippen LogP contribution in [0.5, 0.6) is 0 Å². The highest BCUT2D eigenvalue weighted by Crippen LogP contribution is 2.19. The van der Waals surface area contributed by atoms with E-state index in [1.54, 1.807) is 12.1 Å². The molecule has 3 heteroatoms. The van der Waals surface area contributed by atoms with E-state index in [1.807, 2.05) is 50.2 Å². The van der Waals surface area contributed by atoms with Gasteiger partial charge in [0, 0.05) is 16.8 Å². The van der Waals surface area contributed by atoms with Crippen molar-refractivity contribution in [2.24, 2.45) is 0 Å². The van der Waals surface area contributed by atoms with E-state index < -0.39 is 0 Å². The summed E-state index contributed by atoms with van der Waals surface area (Å²) in [7, 11) is 0. The Labute approximate surface area is 124 Å². The van der Waals surface area contributed by atoms with Gasteiger partial charge in [-0.2, -0.15) is 0 Å². The van der Waals surface area contributed by atoms with Gasteiger partial charge >= 0.3 is 0 Å². The van der Waals surface area contributed by atoms with Gasteiger partial charge in [0.25, 0.3) is 0 Å². The molecule has 0 radical (unpaired) electrons. The number of hydrogen-bond donors (Lipinski definition) is 1. The Morgan fingerprint density at radius 2 is 1.80 bits per heavy atom. The van der Waals surface area contributed by atoms with E-state index in [9.17, 15) is 4.79 Å². The molecule has 20 heavy (non-hydrogen) atoms. The molecule has 0 aromatic heterocycles. The molecule has 0 fully saturated rings. The predicted octanol–water partition coefficient (Wildman–Crippen LogP) is 4.61. The van der Waals surface area contributed by atoms with Crippen molar-refractivity contribution in [3.63, 3.8) is 0 Å². The maximum atomic E-state index is 11.8. The van der Waals surface area contributed by atoms with Crippen molar-refractivity contribution >= 4 is 29.3 Å². The minimum Gasteiger partial charge on any atom is -0.322 e. The van der Waals surface area contributed by atoms with E-state index in [2.05, 4.69) is 5.32 Å². The molecule has 2 nitrogen and oxygen atoms in total. The maximum absolute atomic E-state index is 11.8. The molecule has 0 heterocycles. The molecule has 102 valence electrons. The van der Waals surface area contributed by atoms with Gasteiger partial charge in [-0.1, -0.05) is 47.5 Å². The monoisotopic (exact) mass is 285 g/mol. The van der Waals surface area contributed by atoms with Gasteiger partial charge < -0.3 is 5.32 Å². The summed E-state index contributed by atoms with van der Waals surface area (Å²) in [6.45, 7) is 3.95. The fraction of sp³-hybridized carbons (Fsp3) is 0.118. The lowest BCUT2D eigenvalue weighted by atomic mass is 10.1. The van der Waals surface area contributed by atoms with Crippen LogP contribution >= 0.6 is 11.6 Å². The molecule has 0 saturated heterocycles. The van der Waals surface area contributed by atoms with Gasteiger partial charge in [0.2, 0.25) is 5.91 Å². The molecule has 1 amide bonds. The Morgan fingerprint density at radius 3 is 2.45 bits per heavy atom. The number of carbonyl (C=O) groups is 1. The third kappa shape index (κ3) is 3.97. The lowest BCUT2D eigenvalue weighted by Crippen LogP contribution is -2.07. The Balaban J connectivity index is 2.01. The molecular formula is C17H16ClNO. The molecule has 0 spiro atoms. The summed E-state index contributed by atoms with van der Waals surface area (Å²) in [5.41, 5.74) is 3.87. The molecule has 2 aromatic carbocycles. The van der Waals surface area contributed by atoms with E-state index in [4.69, 9.17) is 11.6 Å². The van der Waals surface area contributed by atoms with Crippen LogP contribution in [0.4, 0.5) is 5.69 Å². The van der Waals surface area contributed by atoms with Gasteiger partial charge in [-0.25, -0.2) is 0 Å². The first-order chi connectivity index (χ1) is 9.54. The Kier molecular flexibility index (Phi) is 4.59. The molecule has 0 aliphatic heterocycles. The van der Waals surface area contributed by atoms with E-state index in [1.165, 1.54) is 11.6 Å². The van der Waals surface area contributed by atoms with Crippen LogP contribution in [0.1, 0.15) is 16.7 Å². The Hall–Kier alpha value is -2.06. The second kappa shape index (κ2) is 6.40. The van der Waals surface area contributed by atoms with Crippen molar-refractivity contribution in [1.29, 1.82) is 0 Å². The van der Waals surface area contributed by atoms with Crippen LogP contribution in [0.3, 0.4) is 0 Å². The summed E-state index contributed by atoms with van der Waals surface area (Å²) in [6.07, 6.45) is 3.29. The number of aryl methyl sites for hydroxylation is 2. The molecule has 2 aromatic rings. The largest absolute Gasteiger partial charge is 0.322 e. The second-order valence-corrected chi connectivity index (χ2v) is 5.10. The summed E-state index contributed by atoms with van der Waals surface area (Å²) in [6, 6.07) is 13.4. The number of nitrogens with one attached hydrogen (secondary N) is 1. The third-order valence-electron chi connectivity index (χ3n) is 2.94. The standard InChI is InChI=1S/C17H16ClNO/c1-12-3-6-14(7-4-12)8-10-17(20)19-15-9-5-13(2)16(18)11-15/h3-11H,1-2H3,(H,19,20). The van der Waals surface area contributed by atoms with Gasteiger partial charge in [-0.15, -0.1) is 0 Å². The zero-order valence-electron chi connectivity index (χ0n) is 11.5. The third-order valence-corrected chi connectivity index (χ3v) is 3.35. The first-order valence-electron chi connectivity index (χ1n) is 6.36. The number of anilines is 1. The SMILES string of the molecule is Cc1ccc(C=CC(=O)Nc2ccc(C)c(Cl)c2)cc1. The van der Waals surface area contributed by atoms with E-state index in [0.717, 1.165) is 11.1 Å². The van der Waals surface area contributed by atoms with E-state index >= 15 is 0 Å². The number of benzene rings is 2. The average molecular weight is 286 g/mol. The average Bonchev–Trinajstić information content (AvgIpc) is 2.42. The Morgan fingerprint density at radius 1 is 1.10 bits per heavy atom. The highest BCUT2D eigenvalue weighted by Gasteiger charge is 2.00. The van der Waals surface area contributed by atoms with Crippen molar-refractivity contribution in [2.75, 3.05) is 5.32 Å². The minimum atomic E-state index is -0.175. The van der Waals surface area contributed by atoms with Crippen molar-refractivity contribution in [1.82, 2.24) is 0 Å². The number of halogens is 1. The van der Waals surface area contributed by atoms with E-state index in [0.29, 0.717) is 10.7 Å². The lowest BCUT2D eigenvalue weighted by molar-refractivity contribution is -0.111. The number of rotatable bonds is 3. The van der Waals surface area contributed by atoms with Crippen molar-refractivity contribution < 1.29 is 4.79 Å². The highest BCUT2D eigenvalue weighted by molar-refractivity contribution is 6.31. The van der Waals surface area contributed by atoms with Gasteiger partial charge in [0.05, 0.1) is 0 Å². The highest BCUT2D eigenvalue weighted by atomic mass is 35.5. The van der Waals surface area contributed by atoms with Crippen LogP contribution in [0.15, 0.2) is 48.5 Å². The fourth-order valence-corrected chi connectivity index (χ4v) is 1.88. The van der Waals surface area contributed by atoms with Gasteiger partial charge in [0.1, 0.15) is 0 Å². The molecule has 0 bridgehead atoms. The molecular weight excluding hydrogens is 270 g/mol. The van der Waals surface area contributed by atoms with Gasteiger partial charge in [-0.3, -0.25) is 4.79 Å². The molecule has 0 unspecified atom stereocenters. The number of carbonyl (C=O) groups excluding carboxylic acids is 1. The van der Waals surface area contributed by atoms with Crippen LogP contribution in [0.2, 0.25) is 5.02 Å². The summed E-state index contributed by atoms with van der Waals surface area (Å²) >= 11 is 6.02. The van der Waals surface area contributed by atoms with Crippen LogP contribution in [0, 0.1) is 13.8 Å². The lowest BCUT2D eigenvalue weighted by Gasteiger charge is -2.04. The fourth-order valence-electron chi connectivity index (χ4n) is 1.70. The molecule has 1 N–H and O–H groups in total. The smallest absolute Gasteiger partial charge is 0.248 e. The van der Waals surface area contributed by atoms with Crippen molar-refractivity contribution in [2.45, 2.75) is 13.8 Å². The van der Waals surface area contributed by atoms with E-state index in [-0.39, 0.29) is 5.91 Å². The summed E-state index contributed by atoms with van der Waals surface area (Å²) in [4.78, 5) is 11.8. The molecule has 2 rings (SSSR count). The topological polar surface area (TPSA) is 29.1 Å².